The van der Waals surface area contributed by atoms with Gasteiger partial charge in [0.05, 0.1) is 11.4 Å². The highest BCUT2D eigenvalue weighted by Gasteiger charge is 2.13. The average Bonchev–Trinajstić information content (AvgIpc) is 2.46. The number of rotatable bonds is 3. The second-order valence-corrected chi connectivity index (χ2v) is 5.68. The van der Waals surface area contributed by atoms with Crippen LogP contribution >= 0.6 is 0 Å². The maximum atomic E-state index is 12.2. The molecule has 0 amide bonds. The summed E-state index contributed by atoms with van der Waals surface area (Å²) in [6.45, 7) is 0.273. The third kappa shape index (κ3) is 3.60. The van der Waals surface area contributed by atoms with E-state index in [-0.39, 0.29) is 11.4 Å². The van der Waals surface area contributed by atoms with Crippen LogP contribution in [0.15, 0.2) is 59.5 Å². The molecule has 0 spiro atoms. The Balaban J connectivity index is 2.22. The highest BCUT2D eigenvalue weighted by Crippen LogP contribution is 2.15. The Labute approximate surface area is 118 Å². The van der Waals surface area contributed by atoms with Crippen LogP contribution in [0.3, 0.4) is 0 Å². The van der Waals surface area contributed by atoms with Crippen LogP contribution in [0.4, 0.5) is 5.69 Å². The molecule has 0 heterocycles. The maximum Gasteiger partial charge on any atom is 0.261 e. The fourth-order valence-corrected chi connectivity index (χ4v) is 2.65. The third-order valence-corrected chi connectivity index (χ3v) is 3.92. The molecule has 0 aliphatic carbocycles. The van der Waals surface area contributed by atoms with Gasteiger partial charge < -0.3 is 5.73 Å². The van der Waals surface area contributed by atoms with E-state index in [2.05, 4.69) is 16.6 Å². The predicted molar refractivity (Wildman–Crippen MR) is 79.6 cm³/mol. The van der Waals surface area contributed by atoms with Gasteiger partial charge in [0.2, 0.25) is 0 Å². The first-order valence-electron chi connectivity index (χ1n) is 5.99. The van der Waals surface area contributed by atoms with Gasteiger partial charge >= 0.3 is 0 Å². The fourth-order valence-electron chi connectivity index (χ4n) is 1.59. The number of benzene rings is 2. The molecule has 0 bridgehead atoms. The number of hydrogen-bond acceptors (Lipinski definition) is 3. The van der Waals surface area contributed by atoms with Crippen LogP contribution in [0.25, 0.3) is 0 Å². The number of nitrogens with one attached hydrogen (secondary N) is 1. The molecule has 0 unspecified atom stereocenters. The van der Waals surface area contributed by atoms with E-state index >= 15 is 0 Å². The molecule has 102 valence electrons. The second-order valence-electron chi connectivity index (χ2n) is 4.00. The normalized spacial score (nSPS) is 10.4. The first kappa shape index (κ1) is 14.1. The van der Waals surface area contributed by atoms with Gasteiger partial charge in [-0.15, -0.1) is 0 Å². The van der Waals surface area contributed by atoms with Crippen molar-refractivity contribution >= 4 is 15.7 Å². The lowest BCUT2D eigenvalue weighted by molar-refractivity contribution is 0.601. The molecule has 0 aliphatic heterocycles. The van der Waals surface area contributed by atoms with Gasteiger partial charge in [-0.05, 0) is 36.4 Å². The topological polar surface area (TPSA) is 72.2 Å². The Hall–Kier alpha value is -2.29. The Morgan fingerprint density at radius 2 is 1.65 bits per heavy atom. The van der Waals surface area contributed by atoms with Crippen molar-refractivity contribution in [3.8, 4) is 11.8 Å². The summed E-state index contributed by atoms with van der Waals surface area (Å²) in [5, 5.41) is 0. The Morgan fingerprint density at radius 3 is 2.25 bits per heavy atom. The van der Waals surface area contributed by atoms with Gasteiger partial charge in [-0.1, -0.05) is 30.0 Å². The van der Waals surface area contributed by atoms with Gasteiger partial charge in [-0.2, -0.15) is 0 Å². The van der Waals surface area contributed by atoms with Crippen molar-refractivity contribution in [3.05, 3.63) is 60.2 Å². The summed E-state index contributed by atoms with van der Waals surface area (Å²) in [6, 6.07) is 15.1. The van der Waals surface area contributed by atoms with E-state index < -0.39 is 10.0 Å². The second kappa shape index (κ2) is 6.24. The van der Waals surface area contributed by atoms with Crippen molar-refractivity contribution in [1.82, 2.24) is 0 Å². The molecule has 0 saturated carbocycles. The zero-order valence-corrected chi connectivity index (χ0v) is 11.5. The Kier molecular flexibility index (Phi) is 4.41. The molecule has 0 radical (unpaired) electrons. The number of sulfonamides is 1. The first-order chi connectivity index (χ1) is 9.62. The van der Waals surface area contributed by atoms with Crippen molar-refractivity contribution in [2.45, 2.75) is 4.90 Å². The molecular formula is C15H14N2O2S. The van der Waals surface area contributed by atoms with Gasteiger partial charge in [0.1, 0.15) is 0 Å². The van der Waals surface area contributed by atoms with Crippen LogP contribution in [0.2, 0.25) is 0 Å². The lowest BCUT2D eigenvalue weighted by Gasteiger charge is -2.07. The lowest BCUT2D eigenvalue weighted by Crippen LogP contribution is -2.12. The van der Waals surface area contributed by atoms with Crippen LogP contribution < -0.4 is 10.5 Å². The molecule has 0 aromatic heterocycles. The van der Waals surface area contributed by atoms with Gasteiger partial charge in [-0.25, -0.2) is 8.42 Å². The molecule has 0 saturated heterocycles. The zero-order valence-electron chi connectivity index (χ0n) is 10.7. The van der Waals surface area contributed by atoms with E-state index in [0.29, 0.717) is 5.69 Å². The largest absolute Gasteiger partial charge is 0.320 e. The average molecular weight is 286 g/mol. The molecule has 2 rings (SSSR count). The van der Waals surface area contributed by atoms with E-state index in [1.165, 1.54) is 12.1 Å². The molecular weight excluding hydrogens is 272 g/mol. The fraction of sp³-hybridized carbons (Fsp3) is 0.0667. The van der Waals surface area contributed by atoms with E-state index in [4.69, 9.17) is 5.73 Å². The van der Waals surface area contributed by atoms with Gasteiger partial charge in [0.25, 0.3) is 10.0 Å². The highest BCUT2D eigenvalue weighted by atomic mass is 32.2. The van der Waals surface area contributed by atoms with Crippen LogP contribution in [-0.4, -0.2) is 15.0 Å². The van der Waals surface area contributed by atoms with Crippen LogP contribution in [0.1, 0.15) is 5.56 Å². The summed E-state index contributed by atoms with van der Waals surface area (Å²) in [6.07, 6.45) is 0. The Bertz CT molecular complexity index is 727. The zero-order chi connectivity index (χ0) is 14.4. The quantitative estimate of drug-likeness (QED) is 0.845. The minimum atomic E-state index is -3.57. The molecule has 0 aliphatic rings. The molecule has 5 heteroatoms. The summed E-state index contributed by atoms with van der Waals surface area (Å²) in [5.74, 6) is 5.56. The molecule has 0 fully saturated rings. The number of para-hydroxylation sites is 1. The van der Waals surface area contributed by atoms with Crippen molar-refractivity contribution in [2.75, 3.05) is 11.3 Å². The first-order valence-corrected chi connectivity index (χ1v) is 7.47. The van der Waals surface area contributed by atoms with Crippen LogP contribution in [0, 0.1) is 11.8 Å². The number of anilines is 1. The summed E-state index contributed by atoms with van der Waals surface area (Å²) < 4.78 is 26.8. The summed E-state index contributed by atoms with van der Waals surface area (Å²) in [5.41, 5.74) is 6.54. The molecule has 20 heavy (non-hydrogen) atoms. The summed E-state index contributed by atoms with van der Waals surface area (Å²) in [7, 11) is -3.57. The van der Waals surface area contributed by atoms with Crippen molar-refractivity contribution in [3.63, 3.8) is 0 Å². The van der Waals surface area contributed by atoms with Gasteiger partial charge in [0, 0.05) is 11.3 Å². The van der Waals surface area contributed by atoms with E-state index in [1.807, 2.05) is 6.07 Å². The van der Waals surface area contributed by atoms with Gasteiger partial charge in [-0.3, -0.25) is 4.72 Å². The smallest absolute Gasteiger partial charge is 0.261 e. The van der Waals surface area contributed by atoms with Crippen molar-refractivity contribution in [2.24, 2.45) is 5.73 Å². The van der Waals surface area contributed by atoms with Crippen molar-refractivity contribution in [1.29, 1.82) is 0 Å². The van der Waals surface area contributed by atoms with Crippen LogP contribution in [0.5, 0.6) is 0 Å². The SMILES string of the molecule is NCC#Cc1ccc(S(=O)(=O)Nc2ccccc2)cc1. The summed E-state index contributed by atoms with van der Waals surface area (Å²) >= 11 is 0. The Morgan fingerprint density at radius 1 is 1.00 bits per heavy atom. The maximum absolute atomic E-state index is 12.2. The minimum Gasteiger partial charge on any atom is -0.320 e. The molecule has 3 N–H and O–H groups in total. The number of hydrogen-bond donors (Lipinski definition) is 2. The lowest BCUT2D eigenvalue weighted by atomic mass is 10.2. The number of nitrogens with two attached hydrogens (primary N) is 1. The molecule has 2 aromatic carbocycles. The standard InChI is InChI=1S/C15H14N2O2S/c16-12-4-5-13-8-10-15(11-9-13)20(18,19)17-14-6-2-1-3-7-14/h1-3,6-11,17H,12,16H2. The molecule has 2 aromatic rings. The molecule has 0 atom stereocenters. The monoisotopic (exact) mass is 286 g/mol. The van der Waals surface area contributed by atoms with Crippen LogP contribution in [-0.2, 0) is 10.0 Å². The van der Waals surface area contributed by atoms with Crippen molar-refractivity contribution < 1.29 is 8.42 Å². The third-order valence-electron chi connectivity index (χ3n) is 2.53. The van der Waals surface area contributed by atoms with E-state index in [9.17, 15) is 8.42 Å². The molecule has 4 nitrogen and oxygen atoms in total. The van der Waals surface area contributed by atoms with E-state index in [0.717, 1.165) is 5.56 Å². The van der Waals surface area contributed by atoms with Gasteiger partial charge in [0.15, 0.2) is 0 Å². The minimum absolute atomic E-state index is 0.194. The predicted octanol–water partition coefficient (Wildman–Crippen LogP) is 1.80. The highest BCUT2D eigenvalue weighted by molar-refractivity contribution is 7.92. The summed E-state index contributed by atoms with van der Waals surface area (Å²) in [4.78, 5) is 0.194. The van der Waals surface area contributed by atoms with E-state index in [1.54, 1.807) is 36.4 Å².